The van der Waals surface area contributed by atoms with Gasteiger partial charge in [0.25, 0.3) is 11.8 Å². The number of carbonyl (C=O) groups is 2. The first kappa shape index (κ1) is 53.1. The Kier molecular flexibility index (Phi) is 21.8. The van der Waals surface area contributed by atoms with Crippen molar-refractivity contribution >= 4 is 33.4 Å². The molecule has 4 fully saturated rings. The molecule has 2 aromatic rings. The van der Waals surface area contributed by atoms with Crippen LogP contribution in [0.1, 0.15) is 155 Å². The number of hydrogen-bond donors (Lipinski definition) is 2. The number of aryl methyl sites for hydroxylation is 2. The van der Waals surface area contributed by atoms with E-state index in [1.807, 2.05) is 32.5 Å². The van der Waals surface area contributed by atoms with E-state index < -0.39 is 45.7 Å². The summed E-state index contributed by atoms with van der Waals surface area (Å²) in [6.45, 7) is 11.1. The monoisotopic (exact) mass is 896 g/mol. The number of aromatic nitrogens is 4. The molecule has 342 valence electrons. The lowest BCUT2D eigenvalue weighted by Gasteiger charge is -2.48. The Hall–Kier alpha value is -3.02. The summed E-state index contributed by atoms with van der Waals surface area (Å²) in [5, 5.41) is 5.11. The van der Waals surface area contributed by atoms with Crippen molar-refractivity contribution in [1.82, 2.24) is 30.6 Å². The fourth-order valence-corrected chi connectivity index (χ4v) is 9.41. The molecule has 0 unspecified atom stereocenters. The van der Waals surface area contributed by atoms with Crippen LogP contribution in [0.2, 0.25) is 0 Å². The summed E-state index contributed by atoms with van der Waals surface area (Å²) in [6, 6.07) is 0. The normalized spacial score (nSPS) is 19.8. The van der Waals surface area contributed by atoms with Crippen molar-refractivity contribution in [3.8, 4) is 0 Å². The highest BCUT2D eigenvalue weighted by molar-refractivity contribution is 7.98. The maximum Gasteiger partial charge on any atom is 0.451 e. The zero-order valence-electron chi connectivity index (χ0n) is 36.5. The highest BCUT2D eigenvalue weighted by atomic mass is 32.2. The minimum atomic E-state index is -4.66. The van der Waals surface area contributed by atoms with Gasteiger partial charge in [0.15, 0.2) is 9.84 Å². The number of carbonyl (C=O) groups excluding carboxylic acids is 2. The molecule has 18 heteroatoms. The van der Waals surface area contributed by atoms with Crippen molar-refractivity contribution in [2.75, 3.05) is 37.1 Å². The molecule has 4 saturated carbocycles. The van der Waals surface area contributed by atoms with E-state index in [-0.39, 0.29) is 45.4 Å². The van der Waals surface area contributed by atoms with Gasteiger partial charge in [-0.2, -0.15) is 38.1 Å². The molecule has 0 spiro atoms. The van der Waals surface area contributed by atoms with E-state index >= 15 is 0 Å². The fourth-order valence-electron chi connectivity index (χ4n) is 7.26. The van der Waals surface area contributed by atoms with E-state index in [1.54, 1.807) is 32.1 Å². The van der Waals surface area contributed by atoms with Crippen LogP contribution in [0.3, 0.4) is 0 Å². The highest BCUT2D eigenvalue weighted by Gasteiger charge is 2.48. The lowest BCUT2D eigenvalue weighted by Crippen LogP contribution is -2.48. The predicted molar refractivity (Wildman–Crippen MR) is 225 cm³/mol. The molecule has 10 nitrogen and oxygen atoms in total. The topological polar surface area (TPSA) is 144 Å². The molecule has 0 aromatic carbocycles. The number of rotatable bonds is 14. The second-order valence-electron chi connectivity index (χ2n) is 16.1. The van der Waals surface area contributed by atoms with Crippen LogP contribution in [0.5, 0.6) is 0 Å². The van der Waals surface area contributed by atoms with Gasteiger partial charge in [0, 0.05) is 31.7 Å². The predicted octanol–water partition coefficient (Wildman–Crippen LogP) is 10.1. The van der Waals surface area contributed by atoms with E-state index in [0.29, 0.717) is 18.9 Å². The highest BCUT2D eigenvalue weighted by Crippen LogP contribution is 2.54. The third kappa shape index (κ3) is 18.5. The number of halogens is 6. The zero-order chi connectivity index (χ0) is 45.3. The summed E-state index contributed by atoms with van der Waals surface area (Å²) < 4.78 is 98.8. The average molecular weight is 897 g/mol. The van der Waals surface area contributed by atoms with Crippen molar-refractivity contribution in [2.45, 2.75) is 137 Å². The molecule has 60 heavy (non-hydrogen) atoms. The van der Waals surface area contributed by atoms with Gasteiger partial charge in [0.1, 0.15) is 0 Å². The van der Waals surface area contributed by atoms with Crippen LogP contribution in [-0.2, 0) is 22.2 Å². The molecule has 2 N–H and O–H groups in total. The van der Waals surface area contributed by atoms with Crippen molar-refractivity contribution in [3.63, 3.8) is 0 Å². The minimum Gasteiger partial charge on any atom is -0.355 e. The van der Waals surface area contributed by atoms with Crippen molar-refractivity contribution in [1.29, 1.82) is 0 Å². The number of sulfone groups is 1. The maximum absolute atomic E-state index is 12.7. The quantitative estimate of drug-likeness (QED) is 0.177. The second kappa shape index (κ2) is 24.6. The van der Waals surface area contributed by atoms with Gasteiger partial charge in [-0.1, -0.05) is 72.6 Å². The zero-order valence-corrected chi connectivity index (χ0v) is 38.1. The van der Waals surface area contributed by atoms with Gasteiger partial charge in [-0.25, -0.2) is 28.4 Å². The van der Waals surface area contributed by atoms with Crippen LogP contribution in [0.25, 0.3) is 0 Å². The van der Waals surface area contributed by atoms with E-state index in [1.165, 1.54) is 51.3 Å². The number of alkyl halides is 6. The summed E-state index contributed by atoms with van der Waals surface area (Å²) in [6.07, 6.45) is 10.6. The van der Waals surface area contributed by atoms with Crippen LogP contribution in [-0.4, -0.2) is 77.3 Å². The third-order valence-corrected chi connectivity index (χ3v) is 13.5. The largest absolute Gasteiger partial charge is 0.451 e. The van der Waals surface area contributed by atoms with Gasteiger partial charge < -0.3 is 10.6 Å². The Morgan fingerprint density at radius 1 is 0.783 bits per heavy atom. The van der Waals surface area contributed by atoms with Crippen LogP contribution >= 0.6 is 11.8 Å². The van der Waals surface area contributed by atoms with Crippen molar-refractivity contribution in [2.24, 2.45) is 29.1 Å². The lowest BCUT2D eigenvalue weighted by atomic mass is 9.60. The first-order chi connectivity index (χ1) is 28.2. The van der Waals surface area contributed by atoms with Crippen LogP contribution in [0.15, 0.2) is 12.4 Å². The summed E-state index contributed by atoms with van der Waals surface area (Å²) in [5.41, 5.74) is -0.111. The molecule has 6 rings (SSSR count). The summed E-state index contributed by atoms with van der Waals surface area (Å²) >= 11 is 1.90. The van der Waals surface area contributed by atoms with E-state index in [9.17, 15) is 44.3 Å². The summed E-state index contributed by atoms with van der Waals surface area (Å²) in [7, 11) is -1.67. The second-order valence-corrected chi connectivity index (χ2v) is 19.4. The molecular weight excluding hydrogens is 831 g/mol. The van der Waals surface area contributed by atoms with Crippen LogP contribution in [0, 0.1) is 42.9 Å². The maximum atomic E-state index is 12.7. The van der Waals surface area contributed by atoms with Crippen LogP contribution < -0.4 is 10.6 Å². The first-order valence-electron chi connectivity index (χ1n) is 21.2. The van der Waals surface area contributed by atoms with E-state index in [4.69, 9.17) is 0 Å². The average Bonchev–Trinajstić information content (AvgIpc) is 4.09. The van der Waals surface area contributed by atoms with Gasteiger partial charge in [-0.3, -0.25) is 9.59 Å². The number of amides is 2. The molecular formula is C42H66F6N6O4S2. The minimum absolute atomic E-state index is 0.00308. The molecule has 0 saturated heterocycles. The Labute approximate surface area is 357 Å². The van der Waals surface area contributed by atoms with E-state index in [2.05, 4.69) is 43.7 Å². The Bertz CT molecular complexity index is 1740. The smallest absolute Gasteiger partial charge is 0.355 e. The Balaban J connectivity index is 0.000000338. The molecule has 2 heterocycles. The molecule has 0 aliphatic heterocycles. The molecule has 2 amide bonds. The van der Waals surface area contributed by atoms with Gasteiger partial charge in [-0.15, -0.1) is 0 Å². The summed E-state index contributed by atoms with van der Waals surface area (Å²) in [5.74, 6) is 1.24. The molecule has 4 aliphatic rings. The Morgan fingerprint density at radius 2 is 1.27 bits per heavy atom. The van der Waals surface area contributed by atoms with Crippen molar-refractivity contribution < 1.29 is 44.3 Å². The van der Waals surface area contributed by atoms with Gasteiger partial charge in [0.2, 0.25) is 11.6 Å². The molecule has 4 aliphatic carbocycles. The Morgan fingerprint density at radius 3 is 1.62 bits per heavy atom. The first-order valence-corrected chi connectivity index (χ1v) is 24.4. The number of thioether (sulfide) groups is 1. The van der Waals surface area contributed by atoms with Crippen LogP contribution in [0.4, 0.5) is 26.3 Å². The van der Waals surface area contributed by atoms with Gasteiger partial charge >= 0.3 is 12.4 Å². The lowest BCUT2D eigenvalue weighted by molar-refractivity contribution is -0.145. The van der Waals surface area contributed by atoms with Gasteiger partial charge in [-0.05, 0) is 93.5 Å². The molecule has 0 atom stereocenters. The standard InChI is InChI=1S/C20H28F3N3O3S.C8H8F3N3O.C8H14.C4H10S.C2H6/c1-3-6-30(28,29)11-15-8-19(9-15,7-14-4-5-14)12-25-17(27)16-10-24-18(20(21,22)23)26-13(16)2;1-4-5(6(15)12-2)3-13-7(14-4)8(9,10)11;1-2-7(3-1)6-8-4-5-8;1-3-4-5-2;1-2/h10,14-15H,3-9,11-12H2,1-2H3,(H,25,27);3H,1-2H3,(H,12,15);7-8H,1-6H2;3-4H2,1-2H3;1-2H3. The number of nitrogens with one attached hydrogen (secondary N) is 2. The summed E-state index contributed by atoms with van der Waals surface area (Å²) in [4.78, 5) is 36.6. The molecule has 0 bridgehead atoms. The van der Waals surface area contributed by atoms with Gasteiger partial charge in [0.05, 0.1) is 28.3 Å². The van der Waals surface area contributed by atoms with E-state index in [0.717, 1.165) is 44.5 Å². The third-order valence-electron chi connectivity index (χ3n) is 10.7. The SMILES string of the molecule is C1CC(CC2CC2)C1.CC.CCCS(=O)(=O)CC1CC(CNC(=O)c2cnc(C(F)(F)F)nc2C)(CC2CC2)C1.CCCSC.CNC(=O)c1cnc(C(F)(F)F)nc1C. The van der Waals surface area contributed by atoms with Crippen molar-refractivity contribution in [3.05, 3.63) is 46.6 Å². The number of hydrogen-bond acceptors (Lipinski definition) is 9. The number of nitrogens with zero attached hydrogens (tertiary/aromatic N) is 4. The molecule has 0 radical (unpaired) electrons. The fraction of sp³-hybridized carbons (Fsp3) is 0.762. The molecule has 2 aromatic heterocycles.